The molecule has 0 aliphatic heterocycles. The summed E-state index contributed by atoms with van der Waals surface area (Å²) in [7, 11) is 1.38. The zero-order valence-corrected chi connectivity index (χ0v) is 14.3. The van der Waals surface area contributed by atoms with Crippen LogP contribution in [0.25, 0.3) is 22.3 Å². The van der Waals surface area contributed by atoms with Crippen LogP contribution in [-0.2, 0) is 11.3 Å². The fraction of sp³-hybridized carbons (Fsp3) is 0.0952. The van der Waals surface area contributed by atoms with Crippen LogP contribution in [0.4, 0.5) is 0 Å². The van der Waals surface area contributed by atoms with Crippen molar-refractivity contribution in [2.75, 3.05) is 7.11 Å². The highest BCUT2D eigenvalue weighted by molar-refractivity contribution is 6.03. The Morgan fingerprint density at radius 1 is 1.04 bits per heavy atom. The van der Waals surface area contributed by atoms with E-state index >= 15 is 0 Å². The molecule has 5 heteroatoms. The molecule has 2 aromatic carbocycles. The SMILES string of the molecule is COC(=O)c1cc(-c2ccccc2)nc2c1cnn2Cc1ccccc1. The van der Waals surface area contributed by atoms with Gasteiger partial charge in [0.1, 0.15) is 0 Å². The quantitative estimate of drug-likeness (QED) is 0.527. The van der Waals surface area contributed by atoms with Gasteiger partial charge in [-0.3, -0.25) is 0 Å². The second-order valence-electron chi connectivity index (χ2n) is 5.94. The molecule has 2 heterocycles. The van der Waals surface area contributed by atoms with Gasteiger partial charge in [0, 0.05) is 5.56 Å². The molecular formula is C21H17N3O2. The van der Waals surface area contributed by atoms with Gasteiger partial charge in [-0.25, -0.2) is 14.5 Å². The average Bonchev–Trinajstić information content (AvgIpc) is 3.11. The molecule has 0 unspecified atom stereocenters. The fourth-order valence-corrected chi connectivity index (χ4v) is 2.96. The molecule has 0 N–H and O–H groups in total. The molecule has 0 atom stereocenters. The van der Waals surface area contributed by atoms with Crippen LogP contribution in [0.1, 0.15) is 15.9 Å². The summed E-state index contributed by atoms with van der Waals surface area (Å²) in [6.07, 6.45) is 1.67. The van der Waals surface area contributed by atoms with E-state index in [1.807, 2.05) is 65.3 Å². The van der Waals surface area contributed by atoms with Gasteiger partial charge in [0.05, 0.1) is 36.5 Å². The summed E-state index contributed by atoms with van der Waals surface area (Å²) in [4.78, 5) is 17.1. The van der Waals surface area contributed by atoms with Gasteiger partial charge in [-0.05, 0) is 11.6 Å². The number of hydrogen-bond donors (Lipinski definition) is 0. The lowest BCUT2D eigenvalue weighted by atomic mass is 10.1. The Labute approximate surface area is 150 Å². The van der Waals surface area contributed by atoms with Crippen molar-refractivity contribution in [2.24, 2.45) is 0 Å². The number of fused-ring (bicyclic) bond motifs is 1. The number of carbonyl (C=O) groups excluding carboxylic acids is 1. The normalized spacial score (nSPS) is 10.8. The number of hydrogen-bond acceptors (Lipinski definition) is 4. The molecule has 0 fully saturated rings. The van der Waals surface area contributed by atoms with Crippen LogP contribution in [0.5, 0.6) is 0 Å². The van der Waals surface area contributed by atoms with Gasteiger partial charge >= 0.3 is 5.97 Å². The molecule has 2 aromatic heterocycles. The second-order valence-corrected chi connectivity index (χ2v) is 5.94. The minimum atomic E-state index is -0.395. The fourth-order valence-electron chi connectivity index (χ4n) is 2.96. The summed E-state index contributed by atoms with van der Waals surface area (Å²) in [5, 5.41) is 5.14. The lowest BCUT2D eigenvalue weighted by Crippen LogP contribution is -2.06. The largest absolute Gasteiger partial charge is 0.465 e. The van der Waals surface area contributed by atoms with Crippen LogP contribution < -0.4 is 0 Å². The predicted octanol–water partition coefficient (Wildman–Crippen LogP) is 3.93. The van der Waals surface area contributed by atoms with E-state index < -0.39 is 5.97 Å². The molecule has 5 nitrogen and oxygen atoms in total. The van der Waals surface area contributed by atoms with E-state index in [1.54, 1.807) is 12.3 Å². The molecule has 0 radical (unpaired) electrons. The number of esters is 1. The number of carbonyl (C=O) groups is 1. The van der Waals surface area contributed by atoms with Gasteiger partial charge in [-0.15, -0.1) is 0 Å². The van der Waals surface area contributed by atoms with E-state index in [0.717, 1.165) is 11.1 Å². The zero-order chi connectivity index (χ0) is 17.9. The number of rotatable bonds is 4. The second kappa shape index (κ2) is 6.80. The first-order chi connectivity index (χ1) is 12.8. The molecule has 4 aromatic rings. The molecule has 0 aliphatic rings. The Kier molecular flexibility index (Phi) is 4.19. The first-order valence-corrected chi connectivity index (χ1v) is 8.30. The molecule has 0 saturated heterocycles. The highest BCUT2D eigenvalue weighted by Crippen LogP contribution is 2.25. The summed E-state index contributed by atoms with van der Waals surface area (Å²) < 4.78 is 6.77. The number of benzene rings is 2. The van der Waals surface area contributed by atoms with Crippen molar-refractivity contribution in [3.63, 3.8) is 0 Å². The van der Waals surface area contributed by atoms with Crippen LogP contribution in [0, 0.1) is 0 Å². The standard InChI is InChI=1S/C21H17N3O2/c1-26-21(25)17-12-19(16-10-6-3-7-11-16)23-20-18(17)13-22-24(20)14-15-8-4-2-5-9-15/h2-13H,14H2,1H3. The highest BCUT2D eigenvalue weighted by Gasteiger charge is 2.18. The first kappa shape index (κ1) is 16.0. The Morgan fingerprint density at radius 3 is 2.42 bits per heavy atom. The number of methoxy groups -OCH3 is 1. The van der Waals surface area contributed by atoms with E-state index in [-0.39, 0.29) is 0 Å². The van der Waals surface area contributed by atoms with Crippen LogP contribution in [0.15, 0.2) is 72.9 Å². The molecule has 0 aliphatic carbocycles. The van der Waals surface area contributed by atoms with Gasteiger partial charge < -0.3 is 4.74 Å². The van der Waals surface area contributed by atoms with E-state index in [0.29, 0.717) is 28.8 Å². The Morgan fingerprint density at radius 2 is 1.73 bits per heavy atom. The number of nitrogens with zero attached hydrogens (tertiary/aromatic N) is 3. The molecule has 0 saturated carbocycles. The zero-order valence-electron chi connectivity index (χ0n) is 14.3. The molecule has 0 bridgehead atoms. The van der Waals surface area contributed by atoms with E-state index in [1.165, 1.54) is 7.11 Å². The summed E-state index contributed by atoms with van der Waals surface area (Å²) in [5.41, 5.74) is 3.90. The topological polar surface area (TPSA) is 57.0 Å². The van der Waals surface area contributed by atoms with E-state index in [9.17, 15) is 4.79 Å². The summed E-state index contributed by atoms with van der Waals surface area (Å²) in [6.45, 7) is 0.580. The first-order valence-electron chi connectivity index (χ1n) is 8.30. The van der Waals surface area contributed by atoms with Crippen molar-refractivity contribution >= 4 is 17.0 Å². The van der Waals surface area contributed by atoms with Crippen LogP contribution in [0.3, 0.4) is 0 Å². The molecular weight excluding hydrogens is 326 g/mol. The van der Waals surface area contributed by atoms with Crippen LogP contribution >= 0.6 is 0 Å². The Bertz CT molecular complexity index is 1060. The van der Waals surface area contributed by atoms with Crippen molar-refractivity contribution in [3.8, 4) is 11.3 Å². The molecule has 0 amide bonds. The van der Waals surface area contributed by atoms with E-state index in [4.69, 9.17) is 9.72 Å². The summed E-state index contributed by atoms with van der Waals surface area (Å²) in [5.74, 6) is -0.395. The van der Waals surface area contributed by atoms with E-state index in [2.05, 4.69) is 5.10 Å². The monoisotopic (exact) mass is 343 g/mol. The third-order valence-electron chi connectivity index (χ3n) is 4.26. The van der Waals surface area contributed by atoms with Crippen molar-refractivity contribution in [1.29, 1.82) is 0 Å². The Hall–Kier alpha value is -3.47. The summed E-state index contributed by atoms with van der Waals surface area (Å²) >= 11 is 0. The van der Waals surface area contributed by atoms with Crippen LogP contribution in [-0.4, -0.2) is 27.8 Å². The molecule has 4 rings (SSSR count). The highest BCUT2D eigenvalue weighted by atomic mass is 16.5. The Balaban J connectivity index is 1.89. The lowest BCUT2D eigenvalue weighted by Gasteiger charge is -2.08. The van der Waals surface area contributed by atoms with Gasteiger partial charge in [-0.1, -0.05) is 60.7 Å². The molecule has 128 valence electrons. The lowest BCUT2D eigenvalue weighted by molar-refractivity contribution is 0.0603. The minimum absolute atomic E-state index is 0.395. The van der Waals surface area contributed by atoms with Crippen molar-refractivity contribution in [2.45, 2.75) is 6.54 Å². The predicted molar refractivity (Wildman–Crippen MR) is 99.8 cm³/mol. The number of pyridine rings is 1. The van der Waals surface area contributed by atoms with Crippen molar-refractivity contribution in [3.05, 3.63) is 84.1 Å². The number of aromatic nitrogens is 3. The van der Waals surface area contributed by atoms with Crippen LogP contribution in [0.2, 0.25) is 0 Å². The van der Waals surface area contributed by atoms with Gasteiger partial charge in [0.2, 0.25) is 0 Å². The molecule has 26 heavy (non-hydrogen) atoms. The van der Waals surface area contributed by atoms with Crippen molar-refractivity contribution in [1.82, 2.24) is 14.8 Å². The summed E-state index contributed by atoms with van der Waals surface area (Å²) in [6, 6.07) is 21.6. The minimum Gasteiger partial charge on any atom is -0.465 e. The maximum absolute atomic E-state index is 12.3. The maximum Gasteiger partial charge on any atom is 0.338 e. The van der Waals surface area contributed by atoms with Crippen molar-refractivity contribution < 1.29 is 9.53 Å². The van der Waals surface area contributed by atoms with Gasteiger partial charge in [0.25, 0.3) is 0 Å². The van der Waals surface area contributed by atoms with Gasteiger partial charge in [-0.2, -0.15) is 5.10 Å². The number of ether oxygens (including phenoxy) is 1. The molecule has 0 spiro atoms. The average molecular weight is 343 g/mol. The maximum atomic E-state index is 12.3. The van der Waals surface area contributed by atoms with Gasteiger partial charge in [0.15, 0.2) is 5.65 Å². The third-order valence-corrected chi connectivity index (χ3v) is 4.26. The third kappa shape index (κ3) is 2.95. The smallest absolute Gasteiger partial charge is 0.338 e.